The maximum atomic E-state index is 5.47. The summed E-state index contributed by atoms with van der Waals surface area (Å²) >= 11 is 0. The minimum atomic E-state index is 0.520. The van der Waals surface area contributed by atoms with Crippen LogP contribution in [0.5, 0.6) is 0 Å². The maximum Gasteiger partial charge on any atom is 0.0619 e. The van der Waals surface area contributed by atoms with Crippen molar-refractivity contribution in [2.75, 3.05) is 26.8 Å². The van der Waals surface area contributed by atoms with Crippen molar-refractivity contribution in [1.82, 2.24) is 10.2 Å². The molecule has 0 aromatic heterocycles. The number of hydrogen-bond donors (Lipinski definition) is 1. The molecule has 0 spiro atoms. The van der Waals surface area contributed by atoms with Gasteiger partial charge in [-0.2, -0.15) is 0 Å². The van der Waals surface area contributed by atoms with Gasteiger partial charge in [-0.05, 0) is 25.1 Å². The van der Waals surface area contributed by atoms with Crippen LogP contribution in [-0.2, 0) is 17.8 Å². The van der Waals surface area contributed by atoms with Crippen LogP contribution in [0.1, 0.15) is 18.1 Å². The molecular weight excluding hydrogens is 212 g/mol. The highest BCUT2D eigenvalue weighted by atomic mass is 16.5. The molecule has 1 saturated heterocycles. The summed E-state index contributed by atoms with van der Waals surface area (Å²) in [4.78, 5) is 2.50. The van der Waals surface area contributed by atoms with Gasteiger partial charge in [0.2, 0.25) is 0 Å². The van der Waals surface area contributed by atoms with Gasteiger partial charge in [0.25, 0.3) is 0 Å². The van der Waals surface area contributed by atoms with Crippen LogP contribution in [0.25, 0.3) is 0 Å². The van der Waals surface area contributed by atoms with Crippen molar-refractivity contribution in [2.45, 2.75) is 26.1 Å². The number of nitrogens with zero attached hydrogens (tertiary/aromatic N) is 1. The molecule has 1 aromatic rings. The number of nitrogens with one attached hydrogen (secondary N) is 1. The highest BCUT2D eigenvalue weighted by Crippen LogP contribution is 2.15. The second-order valence-electron chi connectivity index (χ2n) is 4.69. The Morgan fingerprint density at radius 3 is 2.82 bits per heavy atom. The van der Waals surface area contributed by atoms with E-state index in [9.17, 15) is 0 Å². The molecule has 3 heteroatoms. The van der Waals surface area contributed by atoms with E-state index in [-0.39, 0.29) is 0 Å². The zero-order chi connectivity index (χ0) is 12.1. The minimum Gasteiger partial charge on any atom is -0.379 e. The Morgan fingerprint density at radius 2 is 2.12 bits per heavy atom. The molecule has 1 unspecified atom stereocenters. The van der Waals surface area contributed by atoms with Crippen LogP contribution in [0.4, 0.5) is 0 Å². The quantitative estimate of drug-likeness (QED) is 0.857. The first-order valence-corrected chi connectivity index (χ1v) is 6.34. The van der Waals surface area contributed by atoms with Crippen LogP contribution in [0.3, 0.4) is 0 Å². The van der Waals surface area contributed by atoms with Crippen LogP contribution in [0, 0.1) is 0 Å². The van der Waals surface area contributed by atoms with Crippen LogP contribution >= 0.6 is 0 Å². The van der Waals surface area contributed by atoms with Crippen LogP contribution in [0.15, 0.2) is 24.3 Å². The lowest BCUT2D eigenvalue weighted by Crippen LogP contribution is -2.43. The second-order valence-corrected chi connectivity index (χ2v) is 4.69. The molecule has 94 valence electrons. The van der Waals surface area contributed by atoms with E-state index in [1.807, 2.05) is 7.05 Å². The van der Waals surface area contributed by atoms with Gasteiger partial charge in [-0.15, -0.1) is 0 Å². The molecule has 1 aromatic carbocycles. The third kappa shape index (κ3) is 3.28. The summed E-state index contributed by atoms with van der Waals surface area (Å²) < 4.78 is 5.47. The van der Waals surface area contributed by atoms with E-state index in [1.165, 1.54) is 11.1 Å². The van der Waals surface area contributed by atoms with E-state index >= 15 is 0 Å². The van der Waals surface area contributed by atoms with Crippen molar-refractivity contribution in [2.24, 2.45) is 0 Å². The van der Waals surface area contributed by atoms with Crippen LogP contribution in [-0.4, -0.2) is 37.7 Å². The maximum absolute atomic E-state index is 5.47. The molecule has 1 atom stereocenters. The molecule has 0 amide bonds. The predicted molar refractivity (Wildman–Crippen MR) is 69.9 cm³/mol. The van der Waals surface area contributed by atoms with Crippen LogP contribution < -0.4 is 5.32 Å². The lowest BCUT2D eigenvalue weighted by atomic mass is 10.1. The molecule has 0 aliphatic carbocycles. The third-order valence-electron chi connectivity index (χ3n) is 3.36. The van der Waals surface area contributed by atoms with Crippen molar-refractivity contribution in [1.29, 1.82) is 0 Å². The summed E-state index contributed by atoms with van der Waals surface area (Å²) in [5.74, 6) is 0. The van der Waals surface area contributed by atoms with E-state index in [2.05, 4.69) is 41.4 Å². The Kier molecular flexibility index (Phi) is 4.54. The Hall–Kier alpha value is -0.900. The van der Waals surface area contributed by atoms with E-state index in [0.717, 1.165) is 32.8 Å². The summed E-state index contributed by atoms with van der Waals surface area (Å²) in [5.41, 5.74) is 2.82. The lowest BCUT2D eigenvalue weighted by molar-refractivity contribution is -0.00448. The Balaban J connectivity index is 2.06. The molecule has 17 heavy (non-hydrogen) atoms. The number of hydrogen-bond acceptors (Lipinski definition) is 3. The topological polar surface area (TPSA) is 24.5 Å². The molecule has 1 aliphatic heterocycles. The van der Waals surface area contributed by atoms with Gasteiger partial charge in [0.1, 0.15) is 0 Å². The number of rotatable bonds is 4. The fraction of sp³-hybridized carbons (Fsp3) is 0.571. The number of ether oxygens (including phenoxy) is 1. The highest BCUT2D eigenvalue weighted by molar-refractivity contribution is 5.27. The Labute approximate surface area is 104 Å². The molecule has 0 radical (unpaired) electrons. The van der Waals surface area contributed by atoms with Crippen molar-refractivity contribution >= 4 is 0 Å². The summed E-state index contributed by atoms with van der Waals surface area (Å²) in [7, 11) is 1.99. The smallest absolute Gasteiger partial charge is 0.0619 e. The fourth-order valence-corrected chi connectivity index (χ4v) is 2.29. The van der Waals surface area contributed by atoms with Gasteiger partial charge in [-0.1, -0.05) is 24.3 Å². The molecule has 1 fully saturated rings. The van der Waals surface area contributed by atoms with E-state index in [0.29, 0.717) is 6.04 Å². The molecule has 3 nitrogen and oxygen atoms in total. The standard InChI is InChI=1S/C14H22N2O/c1-12-11-17-8-7-16(12)10-14-6-4-3-5-13(14)9-15-2/h3-6,12,15H,7-11H2,1-2H3. The molecule has 1 N–H and O–H groups in total. The Bertz CT molecular complexity index is 354. The van der Waals surface area contributed by atoms with Crippen molar-refractivity contribution in [3.8, 4) is 0 Å². The highest BCUT2D eigenvalue weighted by Gasteiger charge is 2.19. The molecule has 1 aliphatic rings. The van der Waals surface area contributed by atoms with Gasteiger partial charge < -0.3 is 10.1 Å². The van der Waals surface area contributed by atoms with Crippen molar-refractivity contribution in [3.63, 3.8) is 0 Å². The van der Waals surface area contributed by atoms with Gasteiger partial charge in [-0.25, -0.2) is 0 Å². The van der Waals surface area contributed by atoms with Gasteiger partial charge in [-0.3, -0.25) is 4.90 Å². The monoisotopic (exact) mass is 234 g/mol. The SMILES string of the molecule is CNCc1ccccc1CN1CCOCC1C. The number of benzene rings is 1. The second kappa shape index (κ2) is 6.15. The van der Waals surface area contributed by atoms with Gasteiger partial charge >= 0.3 is 0 Å². The molecule has 2 rings (SSSR count). The first-order chi connectivity index (χ1) is 8.31. The fourth-order valence-electron chi connectivity index (χ4n) is 2.29. The van der Waals surface area contributed by atoms with Crippen LogP contribution in [0.2, 0.25) is 0 Å². The lowest BCUT2D eigenvalue weighted by Gasteiger charge is -2.33. The van der Waals surface area contributed by atoms with Crippen molar-refractivity contribution in [3.05, 3.63) is 35.4 Å². The summed E-state index contributed by atoms with van der Waals surface area (Å²) in [6.45, 7) is 6.96. The normalized spacial score (nSPS) is 21.6. The average Bonchev–Trinajstić information content (AvgIpc) is 2.35. The first kappa shape index (κ1) is 12.6. The minimum absolute atomic E-state index is 0.520. The summed E-state index contributed by atoms with van der Waals surface area (Å²) in [6.07, 6.45) is 0. The van der Waals surface area contributed by atoms with Gasteiger partial charge in [0, 0.05) is 25.7 Å². The number of morpholine rings is 1. The summed E-state index contributed by atoms with van der Waals surface area (Å²) in [5, 5.41) is 3.23. The van der Waals surface area contributed by atoms with Gasteiger partial charge in [0.15, 0.2) is 0 Å². The first-order valence-electron chi connectivity index (χ1n) is 6.34. The van der Waals surface area contributed by atoms with E-state index in [1.54, 1.807) is 0 Å². The Morgan fingerprint density at radius 1 is 1.35 bits per heavy atom. The molecular formula is C14H22N2O. The van der Waals surface area contributed by atoms with Gasteiger partial charge in [0.05, 0.1) is 13.2 Å². The molecule has 0 bridgehead atoms. The van der Waals surface area contributed by atoms with Crippen molar-refractivity contribution < 1.29 is 4.74 Å². The zero-order valence-corrected chi connectivity index (χ0v) is 10.8. The van der Waals surface area contributed by atoms with E-state index in [4.69, 9.17) is 4.74 Å². The summed E-state index contributed by atoms with van der Waals surface area (Å²) in [6, 6.07) is 9.19. The largest absolute Gasteiger partial charge is 0.379 e. The zero-order valence-electron chi connectivity index (χ0n) is 10.8. The van der Waals surface area contributed by atoms with E-state index < -0.39 is 0 Å². The molecule has 0 saturated carbocycles. The molecule has 1 heterocycles. The average molecular weight is 234 g/mol. The third-order valence-corrected chi connectivity index (χ3v) is 3.36. The predicted octanol–water partition coefficient (Wildman–Crippen LogP) is 1.63.